The molecule has 0 amide bonds. The van der Waals surface area contributed by atoms with Gasteiger partial charge in [-0.1, -0.05) is 287 Å². The van der Waals surface area contributed by atoms with Crippen molar-refractivity contribution in [1.29, 1.82) is 0 Å². The van der Waals surface area contributed by atoms with Gasteiger partial charge >= 0.3 is 0 Å². The standard InChI is InChI=1S/C83H84BNOS/c1-78(2,3)59-38-56(39-60(47-59)79(4,5)6)53-33-36-68-70(42-53)85(77-64(51-26-20-18-21-27-51)49-63(82(13,14)15)50-65(77)52-28-22-19-23-29-52)71-43-58(54-32-35-67-73(44-54)86-72-31-25-24-30-66(72)83(67,16)17)46-75-76(71)84(68)69-37-34-55(45-74(69)87-75)57-40-61(80(7,8)9)48-62(41-57)81(10,11)12/h18-50H,1-17H3. The molecule has 10 aromatic rings. The van der Waals surface area contributed by atoms with Crippen LogP contribution in [-0.4, -0.2) is 6.71 Å². The lowest BCUT2D eigenvalue weighted by Crippen LogP contribution is -2.59. The number of ether oxygens (including phenoxy) is 1. The predicted molar refractivity (Wildman–Crippen MR) is 376 cm³/mol. The zero-order valence-corrected chi connectivity index (χ0v) is 55.2. The minimum Gasteiger partial charge on any atom is -0.457 e. The summed E-state index contributed by atoms with van der Waals surface area (Å²) in [6.07, 6.45) is 0. The maximum absolute atomic E-state index is 6.94. The summed E-state index contributed by atoms with van der Waals surface area (Å²) in [4.78, 5) is 5.26. The minimum atomic E-state index is -0.242. The minimum absolute atomic E-state index is 0.0156. The van der Waals surface area contributed by atoms with Gasteiger partial charge in [-0.15, -0.1) is 0 Å². The van der Waals surface area contributed by atoms with Crippen LogP contribution in [0.25, 0.3) is 55.6 Å². The largest absolute Gasteiger partial charge is 0.457 e. The van der Waals surface area contributed by atoms with E-state index in [9.17, 15) is 0 Å². The van der Waals surface area contributed by atoms with Crippen molar-refractivity contribution in [3.8, 4) is 67.1 Å². The number of fused-ring (bicyclic) bond motifs is 6. The molecule has 0 saturated heterocycles. The number of nitrogens with zero attached hydrogens (tertiary/aromatic N) is 1. The van der Waals surface area contributed by atoms with E-state index < -0.39 is 0 Å². The smallest absolute Gasteiger partial charge is 0.249 e. The molecular formula is C83H84BNOS. The van der Waals surface area contributed by atoms with Crippen LogP contribution in [0.2, 0.25) is 0 Å². The highest BCUT2D eigenvalue weighted by molar-refractivity contribution is 8.00. The van der Waals surface area contributed by atoms with Gasteiger partial charge in [-0.25, -0.2) is 0 Å². The molecule has 0 N–H and O–H groups in total. The van der Waals surface area contributed by atoms with Crippen LogP contribution in [-0.2, 0) is 32.5 Å². The molecule has 2 nitrogen and oxygen atoms in total. The number of rotatable bonds is 6. The van der Waals surface area contributed by atoms with Gasteiger partial charge in [0.05, 0.1) is 5.69 Å². The van der Waals surface area contributed by atoms with Crippen LogP contribution in [0.5, 0.6) is 11.5 Å². The van der Waals surface area contributed by atoms with E-state index in [1.54, 1.807) is 0 Å². The van der Waals surface area contributed by atoms with Gasteiger partial charge in [-0.05, 0) is 159 Å². The van der Waals surface area contributed by atoms with Crippen LogP contribution in [0.15, 0.2) is 210 Å². The molecule has 0 unspecified atom stereocenters. The number of anilines is 3. The van der Waals surface area contributed by atoms with Gasteiger partial charge in [0, 0.05) is 48.8 Å². The first kappa shape index (κ1) is 58.2. The summed E-state index contributed by atoms with van der Waals surface area (Å²) in [6, 6.07) is 77.4. The molecule has 87 heavy (non-hydrogen) atoms. The second-order valence-electron chi connectivity index (χ2n) is 30.7. The zero-order valence-electron chi connectivity index (χ0n) is 54.4. The predicted octanol–water partition coefficient (Wildman–Crippen LogP) is 21.7. The van der Waals surface area contributed by atoms with Crippen LogP contribution in [0, 0.1) is 0 Å². The molecular weight excluding hydrogens is 1070 g/mol. The Labute approximate surface area is 524 Å². The summed E-state index contributed by atoms with van der Waals surface area (Å²) >= 11 is 1.93. The Kier molecular flexibility index (Phi) is 13.8. The van der Waals surface area contributed by atoms with Gasteiger partial charge in [0.1, 0.15) is 11.5 Å². The maximum Gasteiger partial charge on any atom is 0.249 e. The van der Waals surface area contributed by atoms with Gasteiger partial charge in [-0.2, -0.15) is 0 Å². The molecule has 0 aliphatic carbocycles. The molecule has 0 fully saturated rings. The lowest BCUT2D eigenvalue weighted by atomic mass is 9.34. The zero-order chi connectivity index (χ0) is 61.5. The third-order valence-corrected chi connectivity index (χ3v) is 20.0. The number of hydrogen-bond acceptors (Lipinski definition) is 3. The Bertz CT molecular complexity index is 4250. The molecule has 3 aliphatic rings. The molecule has 3 aliphatic heterocycles. The van der Waals surface area contributed by atoms with Crippen molar-refractivity contribution in [2.45, 2.75) is 160 Å². The molecule has 0 bridgehead atoms. The van der Waals surface area contributed by atoms with E-state index >= 15 is 0 Å². The Morgan fingerprint density at radius 3 is 1.29 bits per heavy atom. The second-order valence-corrected chi connectivity index (χ2v) is 31.8. The Balaban J connectivity index is 1.14. The average molecular weight is 1150 g/mol. The highest BCUT2D eigenvalue weighted by Gasteiger charge is 2.44. The third-order valence-electron chi connectivity index (χ3n) is 18.9. The van der Waals surface area contributed by atoms with Crippen molar-refractivity contribution in [1.82, 2.24) is 0 Å². The number of benzene rings is 10. The van der Waals surface area contributed by atoms with Crippen LogP contribution in [0.1, 0.15) is 157 Å². The molecule has 436 valence electrons. The van der Waals surface area contributed by atoms with Crippen LogP contribution in [0.3, 0.4) is 0 Å². The van der Waals surface area contributed by atoms with E-state index in [4.69, 9.17) is 4.74 Å². The van der Waals surface area contributed by atoms with Crippen LogP contribution in [0.4, 0.5) is 17.1 Å². The van der Waals surface area contributed by atoms with Gasteiger partial charge in [0.25, 0.3) is 0 Å². The Hall–Kier alpha value is -7.79. The number of hydrogen-bond donors (Lipinski definition) is 0. The first-order valence-corrected chi connectivity index (χ1v) is 32.3. The quantitative estimate of drug-likeness (QED) is 0.154. The summed E-state index contributed by atoms with van der Waals surface area (Å²) in [7, 11) is 0. The molecule has 0 radical (unpaired) electrons. The molecule has 4 heteroatoms. The monoisotopic (exact) mass is 1150 g/mol. The maximum atomic E-state index is 6.94. The summed E-state index contributed by atoms with van der Waals surface area (Å²) in [6.45, 7) is 39.8. The van der Waals surface area contributed by atoms with Gasteiger partial charge < -0.3 is 9.64 Å². The van der Waals surface area contributed by atoms with Crippen molar-refractivity contribution in [3.05, 3.63) is 239 Å². The third kappa shape index (κ3) is 10.5. The summed E-state index contributed by atoms with van der Waals surface area (Å²) in [5.41, 5.74) is 28.0. The van der Waals surface area contributed by atoms with Crippen molar-refractivity contribution in [3.63, 3.8) is 0 Å². The average Bonchev–Trinajstić information content (AvgIpc) is 0.721. The SMILES string of the molecule is CC(C)(C)c1cc(-c2ccc3c(c2)Sc2cc(-c4ccc5c(c4)Oc4ccccc4C5(C)C)cc4c2B3c2ccc(-c3cc(C(C)(C)C)cc(C(C)(C)C)c3)cc2N4c2c(-c3ccccc3)cc(C(C)(C)C)cc2-c2ccccc2)cc(C(C)(C)C)c1. The topological polar surface area (TPSA) is 12.5 Å². The van der Waals surface area contributed by atoms with Crippen LogP contribution >= 0.6 is 11.8 Å². The second kappa shape index (κ2) is 20.7. The van der Waals surface area contributed by atoms with E-state index in [1.807, 2.05) is 11.8 Å². The van der Waals surface area contributed by atoms with E-state index in [2.05, 4.69) is 323 Å². The van der Waals surface area contributed by atoms with Gasteiger partial charge in [0.2, 0.25) is 6.71 Å². The summed E-state index contributed by atoms with van der Waals surface area (Å²) in [5.74, 6) is 1.83. The van der Waals surface area contributed by atoms with Crippen molar-refractivity contribution in [2.75, 3.05) is 4.90 Å². The Morgan fingerprint density at radius 1 is 0.345 bits per heavy atom. The van der Waals surface area contributed by atoms with Crippen molar-refractivity contribution >= 4 is 51.9 Å². The molecule has 0 saturated carbocycles. The van der Waals surface area contributed by atoms with Crippen molar-refractivity contribution < 1.29 is 4.74 Å². The molecule has 13 rings (SSSR count). The fourth-order valence-electron chi connectivity index (χ4n) is 13.5. The molecule has 10 aromatic carbocycles. The fourth-order valence-corrected chi connectivity index (χ4v) is 14.7. The van der Waals surface area contributed by atoms with Gasteiger partial charge in [-0.3, -0.25) is 0 Å². The lowest BCUT2D eigenvalue weighted by Gasteiger charge is -2.42. The molecule has 0 aromatic heterocycles. The highest BCUT2D eigenvalue weighted by atomic mass is 32.2. The van der Waals surface area contributed by atoms with Crippen molar-refractivity contribution in [2.24, 2.45) is 0 Å². The highest BCUT2D eigenvalue weighted by Crippen LogP contribution is 2.54. The molecule has 3 heterocycles. The first-order chi connectivity index (χ1) is 41.0. The Morgan fingerprint density at radius 2 is 0.759 bits per heavy atom. The van der Waals surface area contributed by atoms with E-state index in [0.717, 1.165) is 22.6 Å². The van der Waals surface area contributed by atoms with E-state index in [-0.39, 0.29) is 39.2 Å². The fraction of sp³-hybridized carbons (Fsp3) is 0.277. The lowest BCUT2D eigenvalue weighted by molar-refractivity contribution is 0.418. The van der Waals surface area contributed by atoms with Crippen LogP contribution < -0.4 is 26.0 Å². The first-order valence-electron chi connectivity index (χ1n) is 31.5. The summed E-state index contributed by atoms with van der Waals surface area (Å²) < 4.78 is 6.94. The van der Waals surface area contributed by atoms with E-state index in [1.165, 1.54) is 127 Å². The van der Waals surface area contributed by atoms with Gasteiger partial charge in [0.15, 0.2) is 0 Å². The normalized spacial score (nSPS) is 14.4. The number of para-hydroxylation sites is 1. The molecule has 0 atom stereocenters. The summed E-state index contributed by atoms with van der Waals surface area (Å²) in [5, 5.41) is 0. The molecule has 0 spiro atoms. The van der Waals surface area contributed by atoms with E-state index in [0.29, 0.717) is 0 Å².